The van der Waals surface area contributed by atoms with Crippen LogP contribution in [-0.2, 0) is 16.1 Å². The van der Waals surface area contributed by atoms with Crippen molar-refractivity contribution < 1.29 is 9.53 Å². The van der Waals surface area contributed by atoms with Gasteiger partial charge in [-0.3, -0.25) is 4.79 Å². The monoisotopic (exact) mass is 288 g/mol. The third kappa shape index (κ3) is 4.12. The van der Waals surface area contributed by atoms with Gasteiger partial charge in [0.15, 0.2) is 0 Å². The highest BCUT2D eigenvalue weighted by Crippen LogP contribution is 2.16. The SMILES string of the molecule is O=C(C[C@H]1CCCN1)OCc1cc(Cl)nc(Cl)c1. The number of hydrogen-bond acceptors (Lipinski definition) is 4. The van der Waals surface area contributed by atoms with Gasteiger partial charge in [-0.25, -0.2) is 4.98 Å². The lowest BCUT2D eigenvalue weighted by molar-refractivity contribution is -0.145. The fourth-order valence-corrected chi connectivity index (χ4v) is 2.46. The van der Waals surface area contributed by atoms with Crippen LogP contribution in [0.5, 0.6) is 0 Å². The van der Waals surface area contributed by atoms with Gasteiger partial charge < -0.3 is 10.1 Å². The summed E-state index contributed by atoms with van der Waals surface area (Å²) in [4.78, 5) is 15.4. The molecular formula is C12H14Cl2N2O2. The van der Waals surface area contributed by atoms with Crippen LogP contribution in [0.3, 0.4) is 0 Å². The summed E-state index contributed by atoms with van der Waals surface area (Å²) >= 11 is 11.5. The van der Waals surface area contributed by atoms with E-state index in [2.05, 4.69) is 10.3 Å². The zero-order chi connectivity index (χ0) is 13.0. The van der Waals surface area contributed by atoms with E-state index in [1.54, 1.807) is 12.1 Å². The number of nitrogens with one attached hydrogen (secondary N) is 1. The van der Waals surface area contributed by atoms with Crippen LogP contribution in [0.2, 0.25) is 10.3 Å². The molecule has 0 spiro atoms. The Balaban J connectivity index is 1.81. The van der Waals surface area contributed by atoms with Crippen molar-refractivity contribution in [3.8, 4) is 0 Å². The summed E-state index contributed by atoms with van der Waals surface area (Å²) in [6.07, 6.45) is 2.56. The van der Waals surface area contributed by atoms with Gasteiger partial charge in [0.2, 0.25) is 0 Å². The third-order valence-electron chi connectivity index (χ3n) is 2.80. The summed E-state index contributed by atoms with van der Waals surface area (Å²) in [6.45, 7) is 1.15. The van der Waals surface area contributed by atoms with E-state index < -0.39 is 0 Å². The second kappa shape index (κ2) is 6.36. The lowest BCUT2D eigenvalue weighted by atomic mass is 10.2. The van der Waals surface area contributed by atoms with Crippen molar-refractivity contribution in [3.05, 3.63) is 28.0 Å². The van der Waals surface area contributed by atoms with Crippen LogP contribution >= 0.6 is 23.2 Å². The summed E-state index contributed by atoms with van der Waals surface area (Å²) in [5.74, 6) is -0.210. The van der Waals surface area contributed by atoms with Gasteiger partial charge in [-0.2, -0.15) is 0 Å². The van der Waals surface area contributed by atoms with Crippen LogP contribution in [-0.4, -0.2) is 23.5 Å². The molecule has 0 radical (unpaired) electrons. The van der Waals surface area contributed by atoms with E-state index in [9.17, 15) is 4.79 Å². The Kier molecular flexibility index (Phi) is 4.80. The lowest BCUT2D eigenvalue weighted by Crippen LogP contribution is -2.25. The van der Waals surface area contributed by atoms with Gasteiger partial charge in [0.05, 0.1) is 6.42 Å². The summed E-state index contributed by atoms with van der Waals surface area (Å²) < 4.78 is 5.18. The topological polar surface area (TPSA) is 51.2 Å². The van der Waals surface area contributed by atoms with Crippen molar-refractivity contribution >= 4 is 29.2 Å². The molecule has 4 nitrogen and oxygen atoms in total. The Labute approximate surface area is 116 Å². The second-order valence-corrected chi connectivity index (χ2v) is 5.05. The first-order valence-corrected chi connectivity index (χ1v) is 6.60. The standard InChI is InChI=1S/C12H14Cl2N2O2/c13-10-4-8(5-11(14)16-10)7-18-12(17)6-9-2-1-3-15-9/h4-5,9,15H,1-3,6-7H2/t9-/m1/s1. The van der Waals surface area contributed by atoms with Crippen LogP contribution in [0, 0.1) is 0 Å². The maximum absolute atomic E-state index is 11.6. The molecule has 1 aromatic rings. The Morgan fingerprint density at radius 1 is 1.44 bits per heavy atom. The molecule has 1 aliphatic heterocycles. The van der Waals surface area contributed by atoms with Gasteiger partial charge in [0, 0.05) is 6.04 Å². The summed E-state index contributed by atoms with van der Waals surface area (Å²) in [6, 6.07) is 3.52. The third-order valence-corrected chi connectivity index (χ3v) is 3.19. The molecule has 1 saturated heterocycles. The molecule has 1 atom stereocenters. The molecule has 0 aromatic carbocycles. The molecule has 0 aliphatic carbocycles. The normalized spacial score (nSPS) is 18.9. The Hall–Kier alpha value is -0.840. The number of hydrogen-bond donors (Lipinski definition) is 1. The summed E-state index contributed by atoms with van der Waals surface area (Å²) in [7, 11) is 0. The lowest BCUT2D eigenvalue weighted by Gasteiger charge is -2.10. The predicted octanol–water partition coefficient (Wildman–Crippen LogP) is 2.57. The maximum atomic E-state index is 11.6. The number of rotatable bonds is 4. The zero-order valence-corrected chi connectivity index (χ0v) is 11.3. The molecule has 2 rings (SSSR count). The van der Waals surface area contributed by atoms with Crippen LogP contribution < -0.4 is 5.32 Å². The molecule has 6 heteroatoms. The zero-order valence-electron chi connectivity index (χ0n) is 9.79. The number of aromatic nitrogens is 1. The minimum Gasteiger partial charge on any atom is -0.461 e. The van der Waals surface area contributed by atoms with E-state index in [4.69, 9.17) is 27.9 Å². The molecular weight excluding hydrogens is 275 g/mol. The average Bonchev–Trinajstić information content (AvgIpc) is 2.78. The number of carbonyl (C=O) groups excluding carboxylic acids is 1. The van der Waals surface area contributed by atoms with E-state index in [1.165, 1.54) is 0 Å². The number of ether oxygens (including phenoxy) is 1. The van der Waals surface area contributed by atoms with Crippen molar-refractivity contribution in [1.29, 1.82) is 0 Å². The van der Waals surface area contributed by atoms with E-state index in [0.29, 0.717) is 16.7 Å². The molecule has 0 saturated carbocycles. The highest BCUT2D eigenvalue weighted by atomic mass is 35.5. The first kappa shape index (κ1) is 13.6. The van der Waals surface area contributed by atoms with E-state index in [0.717, 1.165) is 24.9 Å². The molecule has 0 unspecified atom stereocenters. The molecule has 18 heavy (non-hydrogen) atoms. The fraction of sp³-hybridized carbons (Fsp3) is 0.500. The predicted molar refractivity (Wildman–Crippen MR) is 69.7 cm³/mol. The Morgan fingerprint density at radius 2 is 2.17 bits per heavy atom. The van der Waals surface area contributed by atoms with Gasteiger partial charge in [-0.05, 0) is 37.1 Å². The van der Waals surface area contributed by atoms with Crippen LogP contribution in [0.4, 0.5) is 0 Å². The van der Waals surface area contributed by atoms with Crippen molar-refractivity contribution in [2.24, 2.45) is 0 Å². The smallest absolute Gasteiger partial charge is 0.307 e. The first-order chi connectivity index (χ1) is 8.63. The second-order valence-electron chi connectivity index (χ2n) is 4.28. The van der Waals surface area contributed by atoms with Crippen LogP contribution in [0.15, 0.2) is 12.1 Å². The molecule has 1 aromatic heterocycles. The van der Waals surface area contributed by atoms with Crippen LogP contribution in [0.1, 0.15) is 24.8 Å². The maximum Gasteiger partial charge on any atom is 0.307 e. The highest BCUT2D eigenvalue weighted by molar-refractivity contribution is 6.32. The number of pyridine rings is 1. The van der Waals surface area contributed by atoms with Crippen molar-refractivity contribution in [1.82, 2.24) is 10.3 Å². The number of nitrogens with zero attached hydrogens (tertiary/aromatic N) is 1. The van der Waals surface area contributed by atoms with E-state index >= 15 is 0 Å². The first-order valence-electron chi connectivity index (χ1n) is 5.84. The van der Waals surface area contributed by atoms with Crippen molar-refractivity contribution in [2.75, 3.05) is 6.54 Å². The molecule has 1 fully saturated rings. The van der Waals surface area contributed by atoms with E-state index in [-0.39, 0.29) is 18.6 Å². The van der Waals surface area contributed by atoms with Gasteiger partial charge in [0.1, 0.15) is 16.9 Å². The van der Waals surface area contributed by atoms with Crippen LogP contribution in [0.25, 0.3) is 0 Å². The molecule has 98 valence electrons. The number of halogens is 2. The largest absolute Gasteiger partial charge is 0.461 e. The summed E-state index contributed by atoms with van der Waals surface area (Å²) in [5.41, 5.74) is 0.743. The molecule has 0 amide bonds. The van der Waals surface area contributed by atoms with Gasteiger partial charge in [-0.15, -0.1) is 0 Å². The number of carbonyl (C=O) groups is 1. The van der Waals surface area contributed by atoms with Gasteiger partial charge in [-0.1, -0.05) is 23.2 Å². The Morgan fingerprint density at radius 3 is 2.78 bits per heavy atom. The molecule has 0 bridgehead atoms. The van der Waals surface area contributed by atoms with Gasteiger partial charge in [0.25, 0.3) is 0 Å². The highest BCUT2D eigenvalue weighted by Gasteiger charge is 2.18. The van der Waals surface area contributed by atoms with Crippen molar-refractivity contribution in [3.63, 3.8) is 0 Å². The van der Waals surface area contributed by atoms with E-state index in [1.807, 2.05) is 0 Å². The molecule has 1 aliphatic rings. The number of esters is 1. The minimum absolute atomic E-state index is 0.174. The van der Waals surface area contributed by atoms with Crippen molar-refractivity contribution in [2.45, 2.75) is 31.9 Å². The average molecular weight is 289 g/mol. The minimum atomic E-state index is -0.210. The Bertz CT molecular complexity index is 414. The quantitative estimate of drug-likeness (QED) is 0.683. The van der Waals surface area contributed by atoms with Gasteiger partial charge >= 0.3 is 5.97 Å². The summed E-state index contributed by atoms with van der Waals surface area (Å²) in [5, 5.41) is 3.85. The fourth-order valence-electron chi connectivity index (χ4n) is 1.95. The molecule has 1 N–H and O–H groups in total. The molecule has 2 heterocycles.